The van der Waals surface area contributed by atoms with Crippen LogP contribution in [0.25, 0.3) is 22.3 Å². The van der Waals surface area contributed by atoms with E-state index in [1.807, 2.05) is 37.6 Å². The van der Waals surface area contributed by atoms with Crippen LogP contribution in [-0.2, 0) is 24.3 Å². The third-order valence-corrected chi connectivity index (χ3v) is 6.46. The molecule has 0 fully saturated rings. The van der Waals surface area contributed by atoms with Crippen molar-refractivity contribution in [1.82, 2.24) is 24.6 Å². The van der Waals surface area contributed by atoms with Crippen LogP contribution >= 0.6 is 0 Å². The molecule has 0 unspecified atom stereocenters. The number of carbonyl (C=O) groups excluding carboxylic acids is 2. The van der Waals surface area contributed by atoms with E-state index in [2.05, 4.69) is 20.4 Å². The first-order valence-electron chi connectivity index (χ1n) is 11.5. The Morgan fingerprint density at radius 3 is 2.74 bits per heavy atom. The number of phenolic OH excluding ortho intramolecular Hbond substituents is 1. The number of hydrogen-bond donors (Lipinski definition) is 2. The number of nitrogens with zero attached hydrogens (tertiary/aromatic N) is 5. The zero-order valence-electron chi connectivity index (χ0n) is 20.1. The molecule has 3 heterocycles. The summed E-state index contributed by atoms with van der Waals surface area (Å²) in [6, 6.07) is 8.53. The molecule has 1 aliphatic heterocycles. The normalized spacial score (nSPS) is 12.6. The number of amides is 2. The number of aryl methyl sites for hydroxylation is 2. The van der Waals surface area contributed by atoms with Gasteiger partial charge < -0.3 is 15.3 Å². The first-order valence-corrected chi connectivity index (χ1v) is 11.5. The van der Waals surface area contributed by atoms with Gasteiger partial charge in [0.05, 0.1) is 18.1 Å². The quantitative estimate of drug-likeness (QED) is 0.461. The fraction of sp³-hybridized carbons (Fsp3) is 0.269. The Balaban J connectivity index is 1.59. The maximum Gasteiger partial charge on any atom is 0.273 e. The Bertz CT molecular complexity index is 1510. The first kappa shape index (κ1) is 22.5. The third-order valence-electron chi connectivity index (χ3n) is 6.46. The monoisotopic (exact) mass is 470 g/mol. The van der Waals surface area contributed by atoms with Gasteiger partial charge in [0.25, 0.3) is 5.91 Å². The number of benzene rings is 2. The van der Waals surface area contributed by atoms with Gasteiger partial charge in [0, 0.05) is 48.0 Å². The van der Waals surface area contributed by atoms with Gasteiger partial charge in [-0.3, -0.25) is 14.3 Å². The average molecular weight is 471 g/mol. The van der Waals surface area contributed by atoms with Crippen molar-refractivity contribution in [3.05, 3.63) is 64.6 Å². The van der Waals surface area contributed by atoms with Gasteiger partial charge in [0.15, 0.2) is 5.82 Å². The van der Waals surface area contributed by atoms with E-state index in [0.29, 0.717) is 29.7 Å². The Kier molecular flexibility index (Phi) is 5.47. The van der Waals surface area contributed by atoms with Crippen LogP contribution in [0, 0.1) is 13.8 Å². The summed E-state index contributed by atoms with van der Waals surface area (Å²) < 4.78 is 1.89. The smallest absolute Gasteiger partial charge is 0.273 e. The summed E-state index contributed by atoms with van der Waals surface area (Å²) in [6.45, 7) is 7.06. The highest BCUT2D eigenvalue weighted by Gasteiger charge is 2.24. The van der Waals surface area contributed by atoms with Gasteiger partial charge in [0.1, 0.15) is 11.4 Å². The number of aromatic nitrogens is 4. The number of fused-ring (bicyclic) bond motifs is 2. The van der Waals surface area contributed by atoms with E-state index in [4.69, 9.17) is 0 Å². The molecule has 5 rings (SSSR count). The minimum Gasteiger partial charge on any atom is -0.508 e. The second kappa shape index (κ2) is 8.50. The lowest BCUT2D eigenvalue weighted by atomic mass is 10.0. The number of hydrogen-bond acceptors (Lipinski definition) is 6. The first-order chi connectivity index (χ1) is 16.7. The summed E-state index contributed by atoms with van der Waals surface area (Å²) in [5.74, 6) is 0.0732. The molecule has 0 atom stereocenters. The molecule has 2 aromatic carbocycles. The number of phenols is 1. The van der Waals surface area contributed by atoms with E-state index in [1.165, 1.54) is 12.1 Å². The van der Waals surface area contributed by atoms with Crippen molar-refractivity contribution in [3.8, 4) is 17.1 Å². The highest BCUT2D eigenvalue weighted by molar-refractivity contribution is 6.05. The Morgan fingerprint density at radius 1 is 1.20 bits per heavy atom. The zero-order valence-corrected chi connectivity index (χ0v) is 20.1. The molecule has 0 radical (unpaired) electrons. The summed E-state index contributed by atoms with van der Waals surface area (Å²) in [7, 11) is 1.72. The van der Waals surface area contributed by atoms with Crippen molar-refractivity contribution in [3.63, 3.8) is 0 Å². The van der Waals surface area contributed by atoms with Crippen molar-refractivity contribution < 1.29 is 14.7 Å². The molecule has 35 heavy (non-hydrogen) atoms. The molecule has 2 N–H and O–H groups in total. The van der Waals surface area contributed by atoms with Crippen LogP contribution in [0.15, 0.2) is 36.5 Å². The fourth-order valence-corrected chi connectivity index (χ4v) is 4.51. The van der Waals surface area contributed by atoms with Crippen LogP contribution in [0.5, 0.6) is 5.75 Å². The molecule has 178 valence electrons. The number of rotatable bonds is 5. The van der Waals surface area contributed by atoms with Gasteiger partial charge in [-0.15, -0.1) is 0 Å². The molecule has 9 nitrogen and oxygen atoms in total. The Labute approximate surface area is 202 Å². The van der Waals surface area contributed by atoms with Crippen LogP contribution in [0.1, 0.15) is 39.8 Å². The second-order valence-corrected chi connectivity index (χ2v) is 8.88. The standard InChI is InChI=1S/C26H26N6O3/c1-5-32-15(3)17(12-27-32)13-31(4)26(35)24-20-10-18(33)6-7-21(20)29-25(30-24)19-11-22-16(8-14(19)2)9-23(34)28-22/h6-8,10-12,33H,5,9,13H2,1-4H3,(H,28,34). The highest BCUT2D eigenvalue weighted by Crippen LogP contribution is 2.33. The van der Waals surface area contributed by atoms with Gasteiger partial charge in [-0.05, 0) is 56.2 Å². The second-order valence-electron chi connectivity index (χ2n) is 8.88. The number of nitrogens with one attached hydrogen (secondary N) is 1. The van der Waals surface area contributed by atoms with E-state index in [0.717, 1.165) is 40.2 Å². The lowest BCUT2D eigenvalue weighted by Crippen LogP contribution is -2.27. The van der Waals surface area contributed by atoms with E-state index in [-0.39, 0.29) is 23.3 Å². The number of carbonyl (C=O) groups is 2. The molecule has 1 aliphatic rings. The van der Waals surface area contributed by atoms with E-state index >= 15 is 0 Å². The van der Waals surface area contributed by atoms with Crippen molar-refractivity contribution in [2.24, 2.45) is 0 Å². The Morgan fingerprint density at radius 2 is 2.00 bits per heavy atom. The minimum absolute atomic E-state index is 0.0297. The molecular weight excluding hydrogens is 444 g/mol. The summed E-state index contributed by atoms with van der Waals surface area (Å²) in [5.41, 5.74) is 6.02. The molecule has 9 heteroatoms. The van der Waals surface area contributed by atoms with E-state index in [1.54, 1.807) is 24.2 Å². The van der Waals surface area contributed by atoms with Crippen LogP contribution in [0.3, 0.4) is 0 Å². The van der Waals surface area contributed by atoms with E-state index < -0.39 is 0 Å². The topological polar surface area (TPSA) is 113 Å². The van der Waals surface area contributed by atoms with Crippen molar-refractivity contribution in [2.45, 2.75) is 40.3 Å². The molecule has 0 saturated carbocycles. The number of aromatic hydroxyl groups is 1. The summed E-state index contributed by atoms with van der Waals surface area (Å²) in [5, 5.41) is 17.8. The van der Waals surface area contributed by atoms with Crippen molar-refractivity contribution in [2.75, 3.05) is 12.4 Å². The van der Waals surface area contributed by atoms with Gasteiger partial charge in [-0.1, -0.05) is 6.07 Å². The summed E-state index contributed by atoms with van der Waals surface area (Å²) in [6.07, 6.45) is 2.12. The van der Waals surface area contributed by atoms with Crippen LogP contribution in [-0.4, -0.2) is 48.6 Å². The minimum atomic E-state index is -0.292. The van der Waals surface area contributed by atoms with Gasteiger partial charge in [0.2, 0.25) is 5.91 Å². The highest BCUT2D eigenvalue weighted by atomic mass is 16.3. The molecule has 0 aliphatic carbocycles. The van der Waals surface area contributed by atoms with Gasteiger partial charge in [-0.25, -0.2) is 9.97 Å². The van der Waals surface area contributed by atoms with Crippen LogP contribution in [0.4, 0.5) is 5.69 Å². The van der Waals surface area contributed by atoms with Gasteiger partial charge in [-0.2, -0.15) is 5.10 Å². The maximum atomic E-state index is 13.6. The largest absolute Gasteiger partial charge is 0.508 e. The average Bonchev–Trinajstić information content (AvgIpc) is 3.37. The maximum absolute atomic E-state index is 13.6. The SMILES string of the molecule is CCn1ncc(CN(C)C(=O)c2nc(-c3cc4c(cc3C)CC(=O)N4)nc3ccc(O)cc23)c1C. The molecule has 0 spiro atoms. The third kappa shape index (κ3) is 3.99. The van der Waals surface area contributed by atoms with E-state index in [9.17, 15) is 14.7 Å². The zero-order chi connectivity index (χ0) is 24.9. The molecule has 2 aromatic heterocycles. The summed E-state index contributed by atoms with van der Waals surface area (Å²) in [4.78, 5) is 36.4. The lowest BCUT2D eigenvalue weighted by molar-refractivity contribution is -0.115. The van der Waals surface area contributed by atoms with Crippen molar-refractivity contribution in [1.29, 1.82) is 0 Å². The predicted octanol–water partition coefficient (Wildman–Crippen LogP) is 3.60. The van der Waals surface area contributed by atoms with Crippen LogP contribution in [0.2, 0.25) is 0 Å². The molecule has 0 saturated heterocycles. The van der Waals surface area contributed by atoms with Crippen molar-refractivity contribution >= 4 is 28.4 Å². The number of anilines is 1. The molecule has 4 aromatic rings. The summed E-state index contributed by atoms with van der Waals surface area (Å²) >= 11 is 0. The fourth-order valence-electron chi connectivity index (χ4n) is 4.51. The molecule has 2 amide bonds. The molecular formula is C26H26N6O3. The lowest BCUT2D eigenvalue weighted by Gasteiger charge is -2.18. The molecule has 0 bridgehead atoms. The van der Waals surface area contributed by atoms with Crippen LogP contribution < -0.4 is 5.32 Å². The Hall–Kier alpha value is -4.27. The van der Waals surface area contributed by atoms with Gasteiger partial charge >= 0.3 is 0 Å². The predicted molar refractivity (Wildman–Crippen MR) is 132 cm³/mol.